The normalized spacial score (nSPS) is 13.1. The van der Waals surface area contributed by atoms with Crippen LogP contribution >= 0.6 is 23.2 Å². The summed E-state index contributed by atoms with van der Waals surface area (Å²) < 4.78 is 0. The fourth-order valence-electron chi connectivity index (χ4n) is 1.91. The highest BCUT2D eigenvalue weighted by molar-refractivity contribution is 6.42. The van der Waals surface area contributed by atoms with Crippen LogP contribution in [0.2, 0.25) is 10.0 Å². The number of benzene rings is 1. The molecular weight excluding hydrogens is 243 g/mol. The molecule has 0 aromatic heterocycles. The molecule has 16 heavy (non-hydrogen) atoms. The number of aliphatic hydroxyl groups excluding tert-OH is 1. The van der Waals surface area contributed by atoms with Crippen LogP contribution in [0.15, 0.2) is 18.2 Å². The Morgan fingerprint density at radius 3 is 2.50 bits per heavy atom. The largest absolute Gasteiger partial charge is 0.396 e. The molecule has 0 radical (unpaired) electrons. The first-order valence-corrected chi connectivity index (χ1v) is 6.34. The maximum atomic E-state index is 9.32. The van der Waals surface area contributed by atoms with Crippen LogP contribution in [0.3, 0.4) is 0 Å². The van der Waals surface area contributed by atoms with Crippen LogP contribution in [-0.4, -0.2) is 11.7 Å². The molecule has 0 saturated heterocycles. The average Bonchev–Trinajstić information content (AvgIpc) is 2.23. The Bertz CT molecular complexity index is 337. The Hall–Kier alpha value is -0.240. The lowest BCUT2D eigenvalue weighted by atomic mass is 9.91. The van der Waals surface area contributed by atoms with Gasteiger partial charge in [-0.15, -0.1) is 0 Å². The SMILES string of the molecule is CC(C)CC(CO)Cc1cccc(Cl)c1Cl. The molecule has 0 amide bonds. The summed E-state index contributed by atoms with van der Waals surface area (Å²) in [4.78, 5) is 0. The molecule has 0 heterocycles. The Morgan fingerprint density at radius 2 is 1.94 bits per heavy atom. The lowest BCUT2D eigenvalue weighted by Crippen LogP contribution is -2.12. The van der Waals surface area contributed by atoms with Crippen LogP contribution in [0.5, 0.6) is 0 Å². The summed E-state index contributed by atoms with van der Waals surface area (Å²) in [5.74, 6) is 0.839. The molecule has 1 nitrogen and oxygen atoms in total. The van der Waals surface area contributed by atoms with E-state index in [0.717, 1.165) is 18.4 Å². The third-order valence-corrected chi connectivity index (χ3v) is 3.46. The zero-order valence-electron chi connectivity index (χ0n) is 9.71. The minimum Gasteiger partial charge on any atom is -0.396 e. The monoisotopic (exact) mass is 260 g/mol. The number of aliphatic hydroxyl groups is 1. The zero-order valence-corrected chi connectivity index (χ0v) is 11.2. The molecule has 1 atom stereocenters. The maximum absolute atomic E-state index is 9.32. The van der Waals surface area contributed by atoms with Gasteiger partial charge in [-0.05, 0) is 36.3 Å². The van der Waals surface area contributed by atoms with Gasteiger partial charge in [-0.2, -0.15) is 0 Å². The first-order chi connectivity index (χ1) is 7.54. The molecule has 0 aliphatic rings. The summed E-state index contributed by atoms with van der Waals surface area (Å²) in [7, 11) is 0. The van der Waals surface area contributed by atoms with Crippen molar-refractivity contribution >= 4 is 23.2 Å². The van der Waals surface area contributed by atoms with Crippen molar-refractivity contribution in [2.75, 3.05) is 6.61 Å². The van der Waals surface area contributed by atoms with Crippen LogP contribution in [0.25, 0.3) is 0 Å². The molecule has 0 aliphatic carbocycles. The predicted octanol–water partition coefficient (Wildman–Crippen LogP) is 4.19. The second-order valence-electron chi connectivity index (χ2n) is 4.60. The molecule has 90 valence electrons. The van der Waals surface area contributed by atoms with E-state index in [-0.39, 0.29) is 12.5 Å². The lowest BCUT2D eigenvalue weighted by Gasteiger charge is -2.17. The van der Waals surface area contributed by atoms with Gasteiger partial charge in [-0.3, -0.25) is 0 Å². The van der Waals surface area contributed by atoms with Crippen LogP contribution in [0, 0.1) is 11.8 Å². The summed E-state index contributed by atoms with van der Waals surface area (Å²) in [5.41, 5.74) is 1.02. The Labute approximate surface area is 107 Å². The topological polar surface area (TPSA) is 20.2 Å². The molecule has 1 aromatic carbocycles. The van der Waals surface area contributed by atoms with Gasteiger partial charge in [-0.25, -0.2) is 0 Å². The minimum atomic E-state index is 0.195. The number of halogens is 2. The summed E-state index contributed by atoms with van der Waals surface area (Å²) in [6.07, 6.45) is 1.79. The van der Waals surface area contributed by atoms with E-state index >= 15 is 0 Å². The van der Waals surface area contributed by atoms with Crippen molar-refractivity contribution in [2.45, 2.75) is 26.7 Å². The van der Waals surface area contributed by atoms with Gasteiger partial charge in [0.2, 0.25) is 0 Å². The average molecular weight is 261 g/mol. The highest BCUT2D eigenvalue weighted by Crippen LogP contribution is 2.28. The minimum absolute atomic E-state index is 0.195. The molecule has 0 spiro atoms. The van der Waals surface area contributed by atoms with E-state index in [9.17, 15) is 5.11 Å². The van der Waals surface area contributed by atoms with Gasteiger partial charge in [0.1, 0.15) is 0 Å². The van der Waals surface area contributed by atoms with Crippen molar-refractivity contribution in [2.24, 2.45) is 11.8 Å². The fourth-order valence-corrected chi connectivity index (χ4v) is 2.30. The third-order valence-electron chi connectivity index (χ3n) is 2.60. The zero-order chi connectivity index (χ0) is 12.1. The van der Waals surface area contributed by atoms with Crippen molar-refractivity contribution in [3.63, 3.8) is 0 Å². The molecule has 0 saturated carbocycles. The van der Waals surface area contributed by atoms with Crippen molar-refractivity contribution in [1.29, 1.82) is 0 Å². The summed E-state index contributed by atoms with van der Waals surface area (Å²) in [6.45, 7) is 4.51. The van der Waals surface area contributed by atoms with Gasteiger partial charge in [0.05, 0.1) is 10.0 Å². The first-order valence-electron chi connectivity index (χ1n) is 5.58. The van der Waals surface area contributed by atoms with Crippen LogP contribution in [0.4, 0.5) is 0 Å². The van der Waals surface area contributed by atoms with Gasteiger partial charge >= 0.3 is 0 Å². The van der Waals surface area contributed by atoms with Crippen molar-refractivity contribution in [1.82, 2.24) is 0 Å². The molecule has 3 heteroatoms. The Morgan fingerprint density at radius 1 is 1.25 bits per heavy atom. The highest BCUT2D eigenvalue weighted by Gasteiger charge is 2.13. The third kappa shape index (κ3) is 3.97. The van der Waals surface area contributed by atoms with E-state index in [4.69, 9.17) is 23.2 Å². The highest BCUT2D eigenvalue weighted by atomic mass is 35.5. The van der Waals surface area contributed by atoms with Gasteiger partial charge in [0.25, 0.3) is 0 Å². The van der Waals surface area contributed by atoms with Crippen LogP contribution in [-0.2, 0) is 6.42 Å². The van der Waals surface area contributed by atoms with Crippen molar-refractivity contribution in [3.05, 3.63) is 33.8 Å². The van der Waals surface area contributed by atoms with Crippen molar-refractivity contribution < 1.29 is 5.11 Å². The second kappa shape index (κ2) is 6.48. The van der Waals surface area contributed by atoms with Crippen LogP contribution < -0.4 is 0 Å². The standard InChI is InChI=1S/C13H18Cl2O/c1-9(2)6-10(8-16)7-11-4-3-5-12(14)13(11)15/h3-5,9-10,16H,6-8H2,1-2H3. The molecule has 0 aliphatic heterocycles. The molecule has 1 rings (SSSR count). The van der Waals surface area contributed by atoms with E-state index in [2.05, 4.69) is 13.8 Å². The summed E-state index contributed by atoms with van der Waals surface area (Å²) >= 11 is 12.1. The van der Waals surface area contributed by atoms with Gasteiger partial charge in [0, 0.05) is 6.61 Å². The summed E-state index contributed by atoms with van der Waals surface area (Å²) in [5, 5.41) is 10.5. The van der Waals surface area contributed by atoms with E-state index < -0.39 is 0 Å². The molecule has 0 fully saturated rings. The van der Waals surface area contributed by atoms with Gasteiger partial charge in [-0.1, -0.05) is 49.2 Å². The number of hydrogen-bond acceptors (Lipinski definition) is 1. The van der Waals surface area contributed by atoms with E-state index in [1.807, 2.05) is 12.1 Å². The molecule has 1 unspecified atom stereocenters. The van der Waals surface area contributed by atoms with Crippen molar-refractivity contribution in [3.8, 4) is 0 Å². The predicted molar refractivity (Wildman–Crippen MR) is 70.2 cm³/mol. The van der Waals surface area contributed by atoms with E-state index in [1.165, 1.54) is 0 Å². The smallest absolute Gasteiger partial charge is 0.0624 e. The fraction of sp³-hybridized carbons (Fsp3) is 0.538. The molecule has 0 bridgehead atoms. The maximum Gasteiger partial charge on any atom is 0.0624 e. The molecular formula is C13H18Cl2O. The summed E-state index contributed by atoms with van der Waals surface area (Å²) in [6, 6.07) is 5.65. The second-order valence-corrected chi connectivity index (χ2v) is 5.38. The van der Waals surface area contributed by atoms with Crippen LogP contribution in [0.1, 0.15) is 25.8 Å². The Balaban J connectivity index is 2.74. The molecule has 1 N–H and O–H groups in total. The van der Waals surface area contributed by atoms with E-state index in [0.29, 0.717) is 16.0 Å². The Kier molecular flexibility index (Phi) is 5.60. The quantitative estimate of drug-likeness (QED) is 0.842. The van der Waals surface area contributed by atoms with E-state index in [1.54, 1.807) is 6.07 Å². The lowest BCUT2D eigenvalue weighted by molar-refractivity contribution is 0.205. The van der Waals surface area contributed by atoms with Gasteiger partial charge in [0.15, 0.2) is 0 Å². The first kappa shape index (κ1) is 13.8. The van der Waals surface area contributed by atoms with Gasteiger partial charge < -0.3 is 5.11 Å². The number of rotatable bonds is 5. The number of hydrogen-bond donors (Lipinski definition) is 1. The molecule has 1 aromatic rings.